The summed E-state index contributed by atoms with van der Waals surface area (Å²) >= 11 is 0. The summed E-state index contributed by atoms with van der Waals surface area (Å²) in [5.74, 6) is -1.67. The molecule has 0 saturated heterocycles. The van der Waals surface area contributed by atoms with Crippen LogP contribution in [0.3, 0.4) is 0 Å². The summed E-state index contributed by atoms with van der Waals surface area (Å²) in [6.45, 7) is 4.21. The number of unbranched alkanes of at least 4 members (excludes halogenated alkanes) is 2. The molecule has 21 heavy (non-hydrogen) atoms. The lowest BCUT2D eigenvalue weighted by molar-refractivity contribution is -0.135. The molecule has 0 rings (SSSR count). The van der Waals surface area contributed by atoms with Gasteiger partial charge in [0.25, 0.3) is 11.9 Å². The van der Waals surface area contributed by atoms with Gasteiger partial charge in [-0.1, -0.05) is 0 Å². The van der Waals surface area contributed by atoms with E-state index in [-0.39, 0.29) is 13.2 Å². The van der Waals surface area contributed by atoms with Crippen LogP contribution >= 0.6 is 0 Å². The highest BCUT2D eigenvalue weighted by molar-refractivity contribution is 5.63. The zero-order chi connectivity index (χ0) is 16.9. The number of carbonyl (C=O) groups is 2. The molecule has 0 heterocycles. The summed E-state index contributed by atoms with van der Waals surface area (Å²) in [5, 5.41) is 31.7. The molecule has 0 amide bonds. The fourth-order valence-electron chi connectivity index (χ4n) is 0.809. The Bertz CT molecular complexity index is 190. The van der Waals surface area contributed by atoms with Gasteiger partial charge in [0.05, 0.1) is 0 Å². The third-order valence-corrected chi connectivity index (χ3v) is 1.56. The second-order valence-corrected chi connectivity index (χ2v) is 3.83. The molecule has 0 atom stereocenters. The molecule has 0 radical (unpaired) electrons. The van der Waals surface area contributed by atoms with Crippen LogP contribution in [0.15, 0.2) is 0 Å². The zero-order valence-corrected chi connectivity index (χ0v) is 12.8. The van der Waals surface area contributed by atoms with Gasteiger partial charge in [0, 0.05) is 40.3 Å². The summed E-state index contributed by atoms with van der Waals surface area (Å²) in [7, 11) is 0. The van der Waals surface area contributed by atoms with Crippen molar-refractivity contribution >= 4 is 11.9 Å². The van der Waals surface area contributed by atoms with E-state index in [2.05, 4.69) is 0 Å². The highest BCUT2D eigenvalue weighted by Crippen LogP contribution is 1.91. The summed E-state index contributed by atoms with van der Waals surface area (Å²) < 4.78 is 10.2. The Hall–Kier alpha value is -1.22. The van der Waals surface area contributed by atoms with E-state index in [1.807, 2.05) is 0 Å². The molecule has 8 nitrogen and oxygen atoms in total. The van der Waals surface area contributed by atoms with Gasteiger partial charge in [-0.15, -0.1) is 0 Å². The Kier molecular flexibility index (Phi) is 28.1. The number of rotatable bonds is 10. The minimum absolute atomic E-state index is 0.223. The lowest BCUT2D eigenvalue weighted by Gasteiger charge is -2.04. The van der Waals surface area contributed by atoms with Gasteiger partial charge >= 0.3 is 0 Å². The van der Waals surface area contributed by atoms with Gasteiger partial charge in [-0.05, 0) is 25.7 Å². The Morgan fingerprint density at radius 3 is 1.29 bits per heavy atom. The maximum atomic E-state index is 9.00. The van der Waals surface area contributed by atoms with E-state index in [0.717, 1.165) is 39.5 Å². The van der Waals surface area contributed by atoms with Crippen LogP contribution in [0.1, 0.15) is 39.5 Å². The van der Waals surface area contributed by atoms with Crippen LogP contribution in [-0.4, -0.2) is 65.6 Å². The van der Waals surface area contributed by atoms with E-state index in [1.165, 1.54) is 0 Å². The van der Waals surface area contributed by atoms with Gasteiger partial charge in [-0.25, -0.2) is 0 Å². The maximum absolute atomic E-state index is 9.00. The zero-order valence-electron chi connectivity index (χ0n) is 12.8. The quantitative estimate of drug-likeness (QED) is 0.342. The summed E-state index contributed by atoms with van der Waals surface area (Å²) in [6.07, 6.45) is 3.31. The van der Waals surface area contributed by atoms with Gasteiger partial charge in [0.1, 0.15) is 6.79 Å². The van der Waals surface area contributed by atoms with Crippen molar-refractivity contribution in [1.82, 2.24) is 0 Å². The second-order valence-electron chi connectivity index (χ2n) is 3.83. The molecule has 0 aromatic heterocycles. The summed E-state index contributed by atoms with van der Waals surface area (Å²) in [5.41, 5.74) is 0. The Balaban J connectivity index is -0.000000334. The molecule has 0 aliphatic rings. The molecule has 0 aromatic carbocycles. The Morgan fingerprint density at radius 1 is 0.762 bits per heavy atom. The number of carboxylic acid groups (broad SMARTS) is 2. The van der Waals surface area contributed by atoms with Crippen molar-refractivity contribution in [3.05, 3.63) is 0 Å². The number of hydrogen-bond donors (Lipinski definition) is 4. The molecule has 0 aliphatic carbocycles. The average molecular weight is 312 g/mol. The maximum Gasteiger partial charge on any atom is 0.300 e. The monoisotopic (exact) mass is 312 g/mol. The van der Waals surface area contributed by atoms with Crippen LogP contribution in [0, 0.1) is 0 Å². The Labute approximate surface area is 125 Å². The molecule has 4 N–H and O–H groups in total. The van der Waals surface area contributed by atoms with E-state index < -0.39 is 11.9 Å². The molecule has 8 heteroatoms. The van der Waals surface area contributed by atoms with Crippen molar-refractivity contribution in [3.63, 3.8) is 0 Å². The van der Waals surface area contributed by atoms with E-state index in [0.29, 0.717) is 20.0 Å². The van der Waals surface area contributed by atoms with E-state index in [9.17, 15) is 0 Å². The van der Waals surface area contributed by atoms with Gasteiger partial charge in [0.2, 0.25) is 0 Å². The predicted octanol–water partition coefficient (Wildman–Crippen LogP) is 0.704. The SMILES string of the molecule is CC(=O)O.CC(=O)O.OCCCCOCOCCCCO. The van der Waals surface area contributed by atoms with Gasteiger partial charge < -0.3 is 29.9 Å². The number of carboxylic acids is 2. The second kappa shape index (κ2) is 23.8. The smallest absolute Gasteiger partial charge is 0.300 e. The number of aliphatic hydroxyl groups is 2. The van der Waals surface area contributed by atoms with Crippen LogP contribution < -0.4 is 0 Å². The predicted molar refractivity (Wildman–Crippen MR) is 76.0 cm³/mol. The molecule has 128 valence electrons. The first-order valence-corrected chi connectivity index (χ1v) is 6.64. The fourth-order valence-corrected chi connectivity index (χ4v) is 0.809. The molecule has 0 unspecified atom stereocenters. The molecule has 0 fully saturated rings. The van der Waals surface area contributed by atoms with E-state index in [1.54, 1.807) is 0 Å². The van der Waals surface area contributed by atoms with Crippen molar-refractivity contribution in [3.8, 4) is 0 Å². The number of aliphatic carboxylic acids is 2. The van der Waals surface area contributed by atoms with Crippen molar-refractivity contribution in [2.75, 3.05) is 33.2 Å². The van der Waals surface area contributed by atoms with Gasteiger partial charge in [-0.3, -0.25) is 9.59 Å². The molecular weight excluding hydrogens is 284 g/mol. The minimum atomic E-state index is -0.833. The minimum Gasteiger partial charge on any atom is -0.481 e. The van der Waals surface area contributed by atoms with Gasteiger partial charge in [-0.2, -0.15) is 0 Å². The van der Waals surface area contributed by atoms with Crippen molar-refractivity contribution in [1.29, 1.82) is 0 Å². The number of ether oxygens (including phenoxy) is 2. The fraction of sp³-hybridized carbons (Fsp3) is 0.846. The highest BCUT2D eigenvalue weighted by atomic mass is 16.7. The molecule has 0 bridgehead atoms. The normalized spacial score (nSPS) is 8.95. The largest absolute Gasteiger partial charge is 0.481 e. The number of aliphatic hydroxyl groups excluding tert-OH is 2. The first-order chi connectivity index (χ1) is 9.88. The molecular formula is C13H28O8. The van der Waals surface area contributed by atoms with Crippen LogP contribution in [0.25, 0.3) is 0 Å². The summed E-state index contributed by atoms with van der Waals surface area (Å²) in [6, 6.07) is 0. The molecule has 0 saturated carbocycles. The van der Waals surface area contributed by atoms with Crippen LogP contribution in [-0.2, 0) is 19.1 Å². The molecule has 0 spiro atoms. The van der Waals surface area contributed by atoms with Crippen LogP contribution in [0.2, 0.25) is 0 Å². The first-order valence-electron chi connectivity index (χ1n) is 6.64. The van der Waals surface area contributed by atoms with Crippen molar-refractivity contribution in [2.45, 2.75) is 39.5 Å². The van der Waals surface area contributed by atoms with Crippen molar-refractivity contribution < 1.29 is 39.5 Å². The first kappa shape index (κ1) is 24.8. The summed E-state index contributed by atoms with van der Waals surface area (Å²) in [4.78, 5) is 18.0. The standard InChI is InChI=1S/C9H20O4.2C2H4O2/c10-5-1-3-7-12-9-13-8-4-2-6-11;2*1-2(3)4/h10-11H,1-9H2;2*1H3,(H,3,4). The molecule has 0 aliphatic heterocycles. The van der Waals surface area contributed by atoms with E-state index in [4.69, 9.17) is 39.5 Å². The van der Waals surface area contributed by atoms with Crippen LogP contribution in [0.4, 0.5) is 0 Å². The lowest BCUT2D eigenvalue weighted by Crippen LogP contribution is -2.03. The van der Waals surface area contributed by atoms with Gasteiger partial charge in [0.15, 0.2) is 0 Å². The Morgan fingerprint density at radius 2 is 1.05 bits per heavy atom. The topological polar surface area (TPSA) is 134 Å². The highest BCUT2D eigenvalue weighted by Gasteiger charge is 1.90. The van der Waals surface area contributed by atoms with E-state index >= 15 is 0 Å². The third kappa shape index (κ3) is 68.6. The average Bonchev–Trinajstić information content (AvgIpc) is 2.35. The van der Waals surface area contributed by atoms with Crippen molar-refractivity contribution in [2.24, 2.45) is 0 Å². The lowest BCUT2D eigenvalue weighted by atomic mass is 10.3. The third-order valence-electron chi connectivity index (χ3n) is 1.56. The number of hydrogen-bond acceptors (Lipinski definition) is 6. The van der Waals surface area contributed by atoms with Crippen LogP contribution in [0.5, 0.6) is 0 Å². The molecule has 0 aromatic rings.